The van der Waals surface area contributed by atoms with E-state index in [0.29, 0.717) is 17.3 Å². The maximum Gasteiger partial charge on any atom is 0.214 e. The summed E-state index contributed by atoms with van der Waals surface area (Å²) in [6.07, 6.45) is 3.98. The normalized spacial score (nSPS) is 12.7. The van der Waals surface area contributed by atoms with E-state index < -0.39 is 5.95 Å². The van der Waals surface area contributed by atoms with E-state index >= 15 is 0 Å². The van der Waals surface area contributed by atoms with Crippen molar-refractivity contribution < 1.29 is 30.2 Å². The van der Waals surface area contributed by atoms with Crippen LogP contribution in [0.1, 0.15) is 0 Å². The van der Waals surface area contributed by atoms with Crippen LogP contribution in [0.5, 0.6) is 11.5 Å². The first kappa shape index (κ1) is 24.9. The zero-order valence-corrected chi connectivity index (χ0v) is 22.7. The predicted octanol–water partition coefficient (Wildman–Crippen LogP) is 7.63. The van der Waals surface area contributed by atoms with Crippen molar-refractivity contribution in [1.29, 1.82) is 0 Å². The molecule has 0 N–H and O–H groups in total. The summed E-state index contributed by atoms with van der Waals surface area (Å²) in [5.74, 6) is 1.03. The molecule has 1 aliphatic rings. The van der Waals surface area contributed by atoms with Crippen LogP contribution in [-0.4, -0.2) is 9.55 Å². The van der Waals surface area contributed by atoms with Gasteiger partial charge in [-0.2, -0.15) is 16.5 Å². The van der Waals surface area contributed by atoms with E-state index in [0.717, 1.165) is 33.2 Å². The van der Waals surface area contributed by atoms with Crippen LogP contribution in [0.25, 0.3) is 27.6 Å². The fraction of sp³-hybridized carbons (Fsp3) is 0. The summed E-state index contributed by atoms with van der Waals surface area (Å²) in [6.45, 7) is 1.99. The van der Waals surface area contributed by atoms with Crippen LogP contribution in [0.4, 0.5) is 15.8 Å². The Hall–Kier alpha value is -4.41. The molecule has 7 rings (SSSR count). The van der Waals surface area contributed by atoms with E-state index in [2.05, 4.69) is 29.2 Å². The molecule has 0 spiro atoms. The second-order valence-electron chi connectivity index (χ2n) is 8.82. The number of para-hydroxylation sites is 2. The molecule has 0 radical (unpaired) electrons. The van der Waals surface area contributed by atoms with Crippen molar-refractivity contribution >= 4 is 33.2 Å². The van der Waals surface area contributed by atoms with Crippen molar-refractivity contribution in [3.63, 3.8) is 0 Å². The molecular weight excluding hydrogens is 670 g/mol. The van der Waals surface area contributed by atoms with Crippen LogP contribution in [0.15, 0.2) is 116 Å². The summed E-state index contributed by atoms with van der Waals surface area (Å²) in [5.41, 5.74) is 3.59. The van der Waals surface area contributed by atoms with Gasteiger partial charge in [-0.25, -0.2) is 4.98 Å². The number of aromatic nitrogens is 2. The summed E-state index contributed by atoms with van der Waals surface area (Å²) in [5, 5.41) is 2.01. The molecule has 0 amide bonds. The molecular formula is C32H20FN4OPt-3. The Bertz CT molecular complexity index is 1820. The van der Waals surface area contributed by atoms with Crippen molar-refractivity contribution in [3.8, 4) is 17.3 Å². The van der Waals surface area contributed by atoms with Crippen LogP contribution >= 0.6 is 0 Å². The van der Waals surface area contributed by atoms with E-state index in [1.54, 1.807) is 12.1 Å². The first-order valence-electron chi connectivity index (χ1n) is 12.2. The largest absolute Gasteiger partial charge is 0.509 e. The van der Waals surface area contributed by atoms with Crippen molar-refractivity contribution in [2.45, 2.75) is 0 Å². The molecule has 6 aromatic rings. The Morgan fingerprint density at radius 3 is 2.33 bits per heavy atom. The molecule has 7 heteroatoms. The number of rotatable bonds is 5. The van der Waals surface area contributed by atoms with Crippen molar-refractivity contribution in [2.75, 3.05) is 9.80 Å². The molecule has 3 heterocycles. The number of fused-ring (bicyclic) bond motifs is 3. The summed E-state index contributed by atoms with van der Waals surface area (Å²) in [6, 6.07) is 39.3. The third-order valence-corrected chi connectivity index (χ3v) is 6.43. The average molecular weight is 691 g/mol. The smallest absolute Gasteiger partial charge is 0.214 e. The third-order valence-electron chi connectivity index (χ3n) is 6.43. The van der Waals surface area contributed by atoms with Gasteiger partial charge >= 0.3 is 0 Å². The zero-order valence-electron chi connectivity index (χ0n) is 20.4. The Labute approximate surface area is 239 Å². The molecule has 0 atom stereocenters. The summed E-state index contributed by atoms with van der Waals surface area (Å²) >= 11 is 0. The molecule has 194 valence electrons. The van der Waals surface area contributed by atoms with Crippen LogP contribution in [0.2, 0.25) is 0 Å². The SMILES string of the molecule is Fc1cccc(-n2c3[c-]c(Oc4[c-]c(N5C=CN(c6ccccc6)[CH-]5)ccc4)ccc3c3ccccc32)n1.[Pt]. The molecule has 1 aliphatic heterocycles. The minimum atomic E-state index is -0.536. The fourth-order valence-corrected chi connectivity index (χ4v) is 4.71. The second-order valence-corrected chi connectivity index (χ2v) is 8.82. The minimum Gasteiger partial charge on any atom is -0.509 e. The summed E-state index contributed by atoms with van der Waals surface area (Å²) in [7, 11) is 0. The van der Waals surface area contributed by atoms with Gasteiger partial charge in [-0.15, -0.1) is 48.1 Å². The number of hydrogen-bond acceptors (Lipinski definition) is 4. The monoisotopic (exact) mass is 690 g/mol. The first-order valence-corrected chi connectivity index (χ1v) is 12.2. The standard InChI is InChI=1S/C32H20FN4O.Pt/c33-31-14-7-15-32(34-31)37-29-13-5-4-12-27(29)28-17-16-26(21-30(28)37)38-25-11-6-10-24(20-25)36-19-18-35(22-36)23-8-2-1-3-9-23;/h1-19,22H;/q-3;. The van der Waals surface area contributed by atoms with Gasteiger partial charge in [0.25, 0.3) is 0 Å². The van der Waals surface area contributed by atoms with Crippen LogP contribution < -0.4 is 14.5 Å². The van der Waals surface area contributed by atoms with E-state index in [1.807, 2.05) is 106 Å². The molecule has 0 saturated carbocycles. The number of nitrogens with zero attached hydrogens (tertiary/aromatic N) is 4. The van der Waals surface area contributed by atoms with Crippen molar-refractivity contribution in [1.82, 2.24) is 9.55 Å². The van der Waals surface area contributed by atoms with Crippen molar-refractivity contribution in [3.05, 3.63) is 140 Å². The number of pyridine rings is 1. The van der Waals surface area contributed by atoms with Crippen molar-refractivity contribution in [2.24, 2.45) is 0 Å². The molecule has 39 heavy (non-hydrogen) atoms. The van der Waals surface area contributed by atoms with Gasteiger partial charge in [0.15, 0.2) is 0 Å². The fourth-order valence-electron chi connectivity index (χ4n) is 4.71. The Morgan fingerprint density at radius 2 is 1.46 bits per heavy atom. The van der Waals surface area contributed by atoms with Gasteiger partial charge in [0, 0.05) is 43.8 Å². The third kappa shape index (κ3) is 4.68. The number of ether oxygens (including phenoxy) is 1. The van der Waals surface area contributed by atoms with Gasteiger partial charge in [-0.3, -0.25) is 0 Å². The molecule has 2 aromatic heterocycles. The Morgan fingerprint density at radius 1 is 0.692 bits per heavy atom. The number of hydrogen-bond donors (Lipinski definition) is 0. The van der Waals surface area contributed by atoms with Crippen LogP contribution in [0.3, 0.4) is 0 Å². The van der Waals surface area contributed by atoms with Gasteiger partial charge in [-0.05, 0) is 48.1 Å². The van der Waals surface area contributed by atoms with Gasteiger partial charge < -0.3 is 19.1 Å². The van der Waals surface area contributed by atoms with Crippen LogP contribution in [-0.2, 0) is 21.1 Å². The van der Waals surface area contributed by atoms with E-state index in [1.165, 1.54) is 6.07 Å². The van der Waals surface area contributed by atoms with Gasteiger partial charge in [-0.1, -0.05) is 48.0 Å². The molecule has 0 aliphatic carbocycles. The Balaban J connectivity index is 0.00000277. The van der Waals surface area contributed by atoms with Gasteiger partial charge in [0.1, 0.15) is 5.82 Å². The average Bonchev–Trinajstić information content (AvgIpc) is 3.57. The van der Waals surface area contributed by atoms with Crippen LogP contribution in [0, 0.1) is 24.7 Å². The predicted molar refractivity (Wildman–Crippen MR) is 148 cm³/mol. The first-order chi connectivity index (χ1) is 18.7. The molecule has 0 bridgehead atoms. The molecule has 0 unspecified atom stereocenters. The molecule has 5 nitrogen and oxygen atoms in total. The number of benzene rings is 4. The maximum absolute atomic E-state index is 14.0. The van der Waals surface area contributed by atoms with Gasteiger partial charge in [0.2, 0.25) is 5.95 Å². The topological polar surface area (TPSA) is 33.5 Å². The summed E-state index contributed by atoms with van der Waals surface area (Å²) in [4.78, 5) is 8.15. The number of halogens is 1. The minimum absolute atomic E-state index is 0. The zero-order chi connectivity index (χ0) is 25.5. The number of anilines is 2. The second kappa shape index (κ2) is 10.4. The molecule has 0 saturated heterocycles. The quantitative estimate of drug-likeness (QED) is 0.138. The summed E-state index contributed by atoms with van der Waals surface area (Å²) < 4.78 is 22.2. The van der Waals surface area contributed by atoms with Gasteiger partial charge in [0.05, 0.1) is 0 Å². The molecule has 0 fully saturated rings. The molecule has 4 aromatic carbocycles. The maximum atomic E-state index is 14.0. The van der Waals surface area contributed by atoms with E-state index in [4.69, 9.17) is 4.74 Å². The van der Waals surface area contributed by atoms with E-state index in [-0.39, 0.29) is 21.1 Å². The Kier molecular flexibility index (Phi) is 6.63. The van der Waals surface area contributed by atoms with E-state index in [9.17, 15) is 4.39 Å².